The number of aliphatic carboxylic acids is 3. The van der Waals surface area contributed by atoms with E-state index in [-0.39, 0.29) is 38.7 Å². The summed E-state index contributed by atoms with van der Waals surface area (Å²) in [5.74, 6) is -2.88. The number of hydrogen-bond acceptors (Lipinski definition) is 6. The average Bonchev–Trinajstić information content (AvgIpc) is 2.18. The molecule has 19 heavy (non-hydrogen) atoms. The van der Waals surface area contributed by atoms with Crippen LogP contribution in [0.4, 0.5) is 0 Å². The van der Waals surface area contributed by atoms with Crippen molar-refractivity contribution in [1.82, 2.24) is 0 Å². The Morgan fingerprint density at radius 2 is 0.789 bits per heavy atom. The molecule has 0 heterocycles. The molecule has 0 atom stereocenters. The molecule has 0 spiro atoms. The molecule has 114 valence electrons. The van der Waals surface area contributed by atoms with E-state index >= 15 is 0 Å². The molecule has 0 fully saturated rings. The van der Waals surface area contributed by atoms with Crippen LogP contribution < -0.4 is 15.3 Å². The van der Waals surface area contributed by atoms with Gasteiger partial charge in [-0.05, 0) is 19.3 Å². The minimum Gasteiger partial charge on any atom is -0.550 e. The van der Waals surface area contributed by atoms with Crippen molar-refractivity contribution < 1.29 is 49.2 Å². The molecule has 0 aliphatic rings. The zero-order chi connectivity index (χ0) is 15.0. The fourth-order valence-electron chi connectivity index (χ4n) is 0.612. The maximum atomic E-state index is 9.49. The number of carbonyl (C=O) groups excluding carboxylic acids is 3. The van der Waals surface area contributed by atoms with E-state index in [1.54, 1.807) is 20.8 Å². The molecule has 0 amide bonds. The molecule has 0 aromatic heterocycles. The normalized spacial score (nSPS) is 7.74. The van der Waals surface area contributed by atoms with E-state index < -0.39 is 17.9 Å². The van der Waals surface area contributed by atoms with Gasteiger partial charge in [-0.25, -0.2) is 0 Å². The second-order valence-corrected chi connectivity index (χ2v) is 3.37. The van der Waals surface area contributed by atoms with Gasteiger partial charge in [-0.3, -0.25) is 0 Å². The summed E-state index contributed by atoms with van der Waals surface area (Å²) in [6.45, 7) is 5.40. The first kappa shape index (κ1) is 26.6. The first-order valence-electron chi connectivity index (χ1n) is 5.91. The zero-order valence-electron chi connectivity index (χ0n) is 11.5. The number of rotatable bonds is 6. The predicted molar refractivity (Wildman–Crippen MR) is 59.7 cm³/mol. The third kappa shape index (κ3) is 59.7. The van der Waals surface area contributed by atoms with Crippen LogP contribution in [0.5, 0.6) is 0 Å². The molecule has 0 saturated carbocycles. The van der Waals surface area contributed by atoms with Crippen LogP contribution in [-0.2, 0) is 33.9 Å². The number of carboxylic acids is 3. The topological polar surface area (TPSA) is 120 Å². The molecule has 0 aliphatic heterocycles. The first-order valence-corrected chi connectivity index (χ1v) is 5.91. The molecule has 6 nitrogen and oxygen atoms in total. The predicted octanol–water partition coefficient (Wildman–Crippen LogP) is -1.39. The third-order valence-electron chi connectivity index (χ3n) is 1.36. The maximum Gasteiger partial charge on any atom is 3.00 e. The van der Waals surface area contributed by atoms with Crippen LogP contribution in [-0.4, -0.2) is 17.9 Å². The minimum absolute atomic E-state index is 0. The van der Waals surface area contributed by atoms with E-state index in [2.05, 4.69) is 0 Å². The Morgan fingerprint density at radius 3 is 0.789 bits per heavy atom. The molecule has 0 aromatic carbocycles. The van der Waals surface area contributed by atoms with Crippen molar-refractivity contribution >= 4 is 17.9 Å². The van der Waals surface area contributed by atoms with Crippen molar-refractivity contribution in [3.8, 4) is 0 Å². The molecule has 0 aromatic rings. The Morgan fingerprint density at radius 1 is 0.632 bits per heavy atom. The summed E-state index contributed by atoms with van der Waals surface area (Å²) in [7, 11) is 0. The summed E-state index contributed by atoms with van der Waals surface area (Å²) in [4.78, 5) is 28.5. The van der Waals surface area contributed by atoms with Crippen LogP contribution in [0.25, 0.3) is 0 Å². The second kappa shape index (κ2) is 22.2. The van der Waals surface area contributed by atoms with E-state index in [1.807, 2.05) is 0 Å². The van der Waals surface area contributed by atoms with Gasteiger partial charge >= 0.3 is 19.5 Å². The quantitative estimate of drug-likeness (QED) is 0.535. The van der Waals surface area contributed by atoms with Crippen LogP contribution in [0.1, 0.15) is 59.3 Å². The fourth-order valence-corrected chi connectivity index (χ4v) is 0.612. The Kier molecular flexibility index (Phi) is 31.1. The second-order valence-electron chi connectivity index (χ2n) is 3.37. The van der Waals surface area contributed by atoms with Crippen molar-refractivity contribution in [3.63, 3.8) is 0 Å². The summed E-state index contributed by atoms with van der Waals surface area (Å²) in [6, 6.07) is 0. The first-order chi connectivity index (χ1) is 8.31. The monoisotopic (exact) mass is 364 g/mol. The van der Waals surface area contributed by atoms with Crippen LogP contribution in [0.15, 0.2) is 0 Å². The van der Waals surface area contributed by atoms with Gasteiger partial charge in [0.2, 0.25) is 0 Å². The summed E-state index contributed by atoms with van der Waals surface area (Å²) < 4.78 is 0. The van der Waals surface area contributed by atoms with Gasteiger partial charge in [-0.15, -0.1) is 0 Å². The van der Waals surface area contributed by atoms with Gasteiger partial charge in [0, 0.05) is 17.9 Å². The van der Waals surface area contributed by atoms with Crippen LogP contribution in [0, 0.1) is 0 Å². The Bertz CT molecular complexity index is 192. The van der Waals surface area contributed by atoms with E-state index in [1.165, 1.54) is 0 Å². The van der Waals surface area contributed by atoms with Crippen LogP contribution in [0.2, 0.25) is 0 Å². The van der Waals surface area contributed by atoms with Gasteiger partial charge in [-0.1, -0.05) is 40.0 Å². The number of carbonyl (C=O) groups is 3. The Hall–Kier alpha value is -0.967. The van der Waals surface area contributed by atoms with Gasteiger partial charge in [0.1, 0.15) is 0 Å². The molecule has 7 heteroatoms. The maximum absolute atomic E-state index is 9.49. The smallest absolute Gasteiger partial charge is 0.550 e. The molecule has 0 rings (SSSR count). The van der Waals surface area contributed by atoms with Gasteiger partial charge in [0.05, 0.1) is 0 Å². The molecular weight excluding hydrogens is 343 g/mol. The van der Waals surface area contributed by atoms with E-state index in [4.69, 9.17) is 0 Å². The number of carboxylic acid groups (broad SMARTS) is 3. The van der Waals surface area contributed by atoms with Crippen molar-refractivity contribution in [3.05, 3.63) is 0 Å². The van der Waals surface area contributed by atoms with Crippen LogP contribution in [0.3, 0.4) is 0 Å². The van der Waals surface area contributed by atoms with Crippen molar-refractivity contribution in [2.24, 2.45) is 0 Å². The summed E-state index contributed by atoms with van der Waals surface area (Å²) in [5.41, 5.74) is 0. The van der Waals surface area contributed by atoms with Gasteiger partial charge in [-0.2, -0.15) is 0 Å². The molecule has 0 saturated heterocycles. The molecule has 0 bridgehead atoms. The Labute approximate surface area is 127 Å². The van der Waals surface area contributed by atoms with Crippen molar-refractivity contribution in [1.29, 1.82) is 0 Å². The van der Waals surface area contributed by atoms with Crippen molar-refractivity contribution in [2.45, 2.75) is 59.3 Å². The van der Waals surface area contributed by atoms with Crippen LogP contribution >= 0.6 is 0 Å². The third-order valence-corrected chi connectivity index (χ3v) is 1.36. The largest absolute Gasteiger partial charge is 3.00 e. The molecule has 0 unspecified atom stereocenters. The summed E-state index contributed by atoms with van der Waals surface area (Å²) in [5, 5.41) is 28.5. The zero-order valence-corrected chi connectivity index (χ0v) is 13.2. The molecule has 0 N–H and O–H groups in total. The van der Waals surface area contributed by atoms with Gasteiger partial charge < -0.3 is 29.7 Å². The minimum atomic E-state index is -0.961. The molecule has 0 aliphatic carbocycles. The number of hydrogen-bond donors (Lipinski definition) is 0. The standard InChI is InChI=1S/3C4H8O2.Rh/c3*1-2-3-4(5)6;/h3*2-3H2,1H3,(H,5,6);/q;;;+3/p-3. The Balaban J connectivity index is -0.0000000865. The van der Waals surface area contributed by atoms with Gasteiger partial charge in [0.15, 0.2) is 0 Å². The fraction of sp³-hybridized carbons (Fsp3) is 0.750. The molecular formula is C12H21O6Rh. The summed E-state index contributed by atoms with van der Waals surface area (Å²) >= 11 is 0. The van der Waals surface area contributed by atoms with E-state index in [0.29, 0.717) is 19.3 Å². The van der Waals surface area contributed by atoms with E-state index in [9.17, 15) is 29.7 Å². The van der Waals surface area contributed by atoms with Crippen molar-refractivity contribution in [2.75, 3.05) is 0 Å². The SMILES string of the molecule is CCCC(=O)[O-].CCCC(=O)[O-].CCCC(=O)[O-].[Rh+3]. The molecule has 0 radical (unpaired) electrons. The van der Waals surface area contributed by atoms with E-state index in [0.717, 1.165) is 0 Å². The average molecular weight is 364 g/mol. The summed E-state index contributed by atoms with van der Waals surface area (Å²) in [6.07, 6.45) is 2.55. The van der Waals surface area contributed by atoms with Gasteiger partial charge in [0.25, 0.3) is 0 Å².